The van der Waals surface area contributed by atoms with Gasteiger partial charge in [0.05, 0.1) is 16.6 Å². The van der Waals surface area contributed by atoms with Crippen molar-refractivity contribution in [2.45, 2.75) is 6.04 Å². The van der Waals surface area contributed by atoms with E-state index in [2.05, 4.69) is 10.3 Å². The highest BCUT2D eigenvalue weighted by Gasteiger charge is 2.19. The molecule has 1 heterocycles. The molecular formula is C19H14ClFN2O. The Kier molecular flexibility index (Phi) is 4.87. The van der Waals surface area contributed by atoms with Crippen LogP contribution in [0.5, 0.6) is 0 Å². The van der Waals surface area contributed by atoms with Crippen molar-refractivity contribution in [1.82, 2.24) is 10.3 Å². The third-order valence-corrected chi connectivity index (χ3v) is 3.94. The third kappa shape index (κ3) is 3.60. The first-order valence-corrected chi connectivity index (χ1v) is 7.74. The summed E-state index contributed by atoms with van der Waals surface area (Å²) in [6.07, 6.45) is 3.34. The molecule has 120 valence electrons. The van der Waals surface area contributed by atoms with E-state index in [1.807, 2.05) is 42.5 Å². The average molecular weight is 341 g/mol. The Balaban J connectivity index is 1.94. The van der Waals surface area contributed by atoms with Gasteiger partial charge < -0.3 is 5.32 Å². The molecule has 3 rings (SSSR count). The minimum Gasteiger partial charge on any atom is -0.341 e. The van der Waals surface area contributed by atoms with Gasteiger partial charge in [-0.15, -0.1) is 0 Å². The number of halogens is 2. The molecule has 1 amide bonds. The third-order valence-electron chi connectivity index (χ3n) is 3.62. The standard InChI is InChI=1S/C19H14ClFN2O/c20-17-12-15(21)6-7-16(17)19(24)23-18(13-4-2-1-3-5-13)14-8-10-22-11-9-14/h1-12,18H,(H,23,24). The molecule has 1 unspecified atom stereocenters. The number of hydrogen-bond acceptors (Lipinski definition) is 2. The molecule has 1 aromatic heterocycles. The lowest BCUT2D eigenvalue weighted by atomic mass is 9.99. The molecule has 0 bridgehead atoms. The summed E-state index contributed by atoms with van der Waals surface area (Å²) in [7, 11) is 0. The summed E-state index contributed by atoms with van der Waals surface area (Å²) < 4.78 is 13.2. The van der Waals surface area contributed by atoms with Gasteiger partial charge in [-0.25, -0.2) is 4.39 Å². The van der Waals surface area contributed by atoms with Gasteiger partial charge in [-0.1, -0.05) is 41.9 Å². The van der Waals surface area contributed by atoms with Crippen molar-refractivity contribution in [2.75, 3.05) is 0 Å². The van der Waals surface area contributed by atoms with Gasteiger partial charge in [0.2, 0.25) is 0 Å². The van der Waals surface area contributed by atoms with Crippen LogP contribution in [0.3, 0.4) is 0 Å². The molecule has 1 atom stereocenters. The molecule has 0 fully saturated rings. The second-order valence-electron chi connectivity index (χ2n) is 5.22. The van der Waals surface area contributed by atoms with Crippen molar-refractivity contribution >= 4 is 17.5 Å². The summed E-state index contributed by atoms with van der Waals surface area (Å²) in [6, 6.07) is 16.6. The smallest absolute Gasteiger partial charge is 0.253 e. The Labute approximate surface area is 144 Å². The number of rotatable bonds is 4. The first-order chi connectivity index (χ1) is 11.6. The van der Waals surface area contributed by atoms with Crippen molar-refractivity contribution in [2.24, 2.45) is 0 Å². The molecule has 0 aliphatic rings. The Morgan fingerprint density at radius 2 is 1.67 bits per heavy atom. The highest BCUT2D eigenvalue weighted by Crippen LogP contribution is 2.23. The predicted molar refractivity (Wildman–Crippen MR) is 91.4 cm³/mol. The van der Waals surface area contributed by atoms with Crippen LogP contribution in [0.25, 0.3) is 0 Å². The second-order valence-corrected chi connectivity index (χ2v) is 5.63. The summed E-state index contributed by atoms with van der Waals surface area (Å²) in [4.78, 5) is 16.6. The summed E-state index contributed by atoms with van der Waals surface area (Å²) in [5, 5.41) is 3.03. The van der Waals surface area contributed by atoms with Crippen LogP contribution in [0.1, 0.15) is 27.5 Å². The van der Waals surface area contributed by atoms with Crippen LogP contribution in [-0.4, -0.2) is 10.9 Å². The van der Waals surface area contributed by atoms with E-state index in [0.29, 0.717) is 0 Å². The van der Waals surface area contributed by atoms with Crippen molar-refractivity contribution in [3.05, 3.63) is 101 Å². The van der Waals surface area contributed by atoms with Crippen molar-refractivity contribution in [3.8, 4) is 0 Å². The molecule has 0 saturated carbocycles. The van der Waals surface area contributed by atoms with E-state index in [4.69, 9.17) is 11.6 Å². The Hall–Kier alpha value is -2.72. The van der Waals surface area contributed by atoms with Crippen LogP contribution in [0, 0.1) is 5.82 Å². The van der Waals surface area contributed by atoms with Crippen molar-refractivity contribution < 1.29 is 9.18 Å². The zero-order valence-corrected chi connectivity index (χ0v) is 13.4. The van der Waals surface area contributed by atoms with E-state index >= 15 is 0 Å². The lowest BCUT2D eigenvalue weighted by Crippen LogP contribution is -2.29. The highest BCUT2D eigenvalue weighted by atomic mass is 35.5. The average Bonchev–Trinajstić information content (AvgIpc) is 2.61. The zero-order valence-electron chi connectivity index (χ0n) is 12.6. The number of nitrogens with zero attached hydrogens (tertiary/aromatic N) is 1. The summed E-state index contributed by atoms with van der Waals surface area (Å²) >= 11 is 5.99. The number of pyridine rings is 1. The molecular weight excluding hydrogens is 327 g/mol. The first kappa shape index (κ1) is 16.1. The van der Waals surface area contributed by atoms with E-state index in [9.17, 15) is 9.18 Å². The molecule has 5 heteroatoms. The SMILES string of the molecule is O=C(NC(c1ccccc1)c1ccncc1)c1ccc(F)cc1Cl. The van der Waals surface area contributed by atoms with Crippen LogP contribution in [0.2, 0.25) is 5.02 Å². The quantitative estimate of drug-likeness (QED) is 0.765. The van der Waals surface area contributed by atoms with E-state index in [-0.39, 0.29) is 22.5 Å². The van der Waals surface area contributed by atoms with Gasteiger partial charge in [0, 0.05) is 12.4 Å². The van der Waals surface area contributed by atoms with Crippen LogP contribution in [-0.2, 0) is 0 Å². The fraction of sp³-hybridized carbons (Fsp3) is 0.0526. The number of aromatic nitrogens is 1. The largest absolute Gasteiger partial charge is 0.341 e. The van der Waals surface area contributed by atoms with Gasteiger partial charge in [-0.3, -0.25) is 9.78 Å². The fourth-order valence-electron chi connectivity index (χ4n) is 2.44. The maximum atomic E-state index is 13.2. The van der Waals surface area contributed by atoms with Crippen LogP contribution in [0.15, 0.2) is 73.1 Å². The molecule has 24 heavy (non-hydrogen) atoms. The van der Waals surface area contributed by atoms with Gasteiger partial charge in [0.1, 0.15) is 5.82 Å². The van der Waals surface area contributed by atoms with Gasteiger partial charge in [0.25, 0.3) is 5.91 Å². The van der Waals surface area contributed by atoms with Crippen molar-refractivity contribution in [3.63, 3.8) is 0 Å². The molecule has 3 nitrogen and oxygen atoms in total. The summed E-state index contributed by atoms with van der Waals surface area (Å²) in [5.41, 5.74) is 2.05. The molecule has 1 N–H and O–H groups in total. The van der Waals surface area contributed by atoms with Gasteiger partial charge in [0.15, 0.2) is 0 Å². The monoisotopic (exact) mass is 340 g/mol. The Bertz CT molecular complexity index is 801. The maximum Gasteiger partial charge on any atom is 0.253 e. The molecule has 0 aliphatic heterocycles. The number of benzene rings is 2. The molecule has 3 aromatic rings. The van der Waals surface area contributed by atoms with Crippen LogP contribution < -0.4 is 5.32 Å². The normalized spacial score (nSPS) is 11.8. The van der Waals surface area contributed by atoms with Gasteiger partial charge in [-0.05, 0) is 41.5 Å². The number of amides is 1. The Morgan fingerprint density at radius 1 is 1.00 bits per heavy atom. The molecule has 0 spiro atoms. The van der Waals surface area contributed by atoms with Gasteiger partial charge >= 0.3 is 0 Å². The predicted octanol–water partition coefficient (Wildman–Crippen LogP) is 4.39. The molecule has 0 radical (unpaired) electrons. The van der Waals surface area contributed by atoms with E-state index in [1.165, 1.54) is 12.1 Å². The van der Waals surface area contributed by atoms with E-state index < -0.39 is 5.82 Å². The second kappa shape index (κ2) is 7.23. The highest BCUT2D eigenvalue weighted by molar-refractivity contribution is 6.33. The topological polar surface area (TPSA) is 42.0 Å². The minimum absolute atomic E-state index is 0.0778. The summed E-state index contributed by atoms with van der Waals surface area (Å²) in [5.74, 6) is -0.851. The fourth-order valence-corrected chi connectivity index (χ4v) is 2.70. The molecule has 0 saturated heterocycles. The number of hydrogen-bond donors (Lipinski definition) is 1. The minimum atomic E-state index is -0.481. The molecule has 0 aliphatic carbocycles. The van der Waals surface area contributed by atoms with E-state index in [0.717, 1.165) is 17.2 Å². The number of carbonyl (C=O) groups is 1. The summed E-state index contributed by atoms with van der Waals surface area (Å²) in [6.45, 7) is 0. The number of nitrogens with one attached hydrogen (secondary N) is 1. The first-order valence-electron chi connectivity index (χ1n) is 7.36. The lowest BCUT2D eigenvalue weighted by molar-refractivity contribution is 0.0943. The maximum absolute atomic E-state index is 13.2. The molecule has 2 aromatic carbocycles. The van der Waals surface area contributed by atoms with E-state index in [1.54, 1.807) is 12.4 Å². The van der Waals surface area contributed by atoms with Crippen LogP contribution in [0.4, 0.5) is 4.39 Å². The lowest BCUT2D eigenvalue weighted by Gasteiger charge is -2.20. The van der Waals surface area contributed by atoms with Crippen LogP contribution >= 0.6 is 11.6 Å². The van der Waals surface area contributed by atoms with Gasteiger partial charge in [-0.2, -0.15) is 0 Å². The Morgan fingerprint density at radius 3 is 2.33 bits per heavy atom. The zero-order chi connectivity index (χ0) is 16.9. The number of carbonyl (C=O) groups excluding carboxylic acids is 1. The van der Waals surface area contributed by atoms with Crippen molar-refractivity contribution in [1.29, 1.82) is 0 Å².